The first-order chi connectivity index (χ1) is 14.9. The highest BCUT2D eigenvalue weighted by Gasteiger charge is 2.33. The molecule has 2 N–H and O–H groups in total. The fraction of sp³-hybridized carbons (Fsp3) is 0.364. The molecular formula is C22H27N3O5S. The Bertz CT molecular complexity index is 1010. The fourth-order valence-corrected chi connectivity index (χ4v) is 5.37. The van der Waals surface area contributed by atoms with Gasteiger partial charge in [-0.2, -0.15) is 4.31 Å². The number of carbonyl (C=O) groups excluding carboxylic acids is 2. The van der Waals surface area contributed by atoms with E-state index in [1.807, 2.05) is 0 Å². The zero-order valence-electron chi connectivity index (χ0n) is 17.4. The zero-order valence-corrected chi connectivity index (χ0v) is 18.2. The van der Waals surface area contributed by atoms with E-state index in [2.05, 4.69) is 10.6 Å². The van der Waals surface area contributed by atoms with Crippen LogP contribution in [0.4, 0.5) is 5.69 Å². The van der Waals surface area contributed by atoms with Crippen LogP contribution in [0.25, 0.3) is 0 Å². The Kier molecular flexibility index (Phi) is 7.64. The molecule has 8 nitrogen and oxygen atoms in total. The normalized spacial score (nSPS) is 17.0. The second kappa shape index (κ2) is 10.4. The lowest BCUT2D eigenvalue weighted by molar-refractivity contribution is -0.136. The maximum absolute atomic E-state index is 13.0. The van der Waals surface area contributed by atoms with Crippen molar-refractivity contribution in [2.24, 2.45) is 0 Å². The molecule has 1 aliphatic rings. The lowest BCUT2D eigenvalue weighted by Gasteiger charge is -2.34. The summed E-state index contributed by atoms with van der Waals surface area (Å²) in [6, 6.07) is 14.8. The van der Waals surface area contributed by atoms with Crippen molar-refractivity contribution in [2.75, 3.05) is 25.5 Å². The van der Waals surface area contributed by atoms with Gasteiger partial charge in [0.1, 0.15) is 5.75 Å². The van der Waals surface area contributed by atoms with E-state index >= 15 is 0 Å². The lowest BCUT2D eigenvalue weighted by atomic mass is 10.0. The fourth-order valence-electron chi connectivity index (χ4n) is 3.63. The molecule has 0 unspecified atom stereocenters. The number of amides is 2. The standard InChI is InChI=1S/C22H27N3O5S/c1-30-19-10-7-8-17(16-19)24-22(27)21(26)23-14-13-18-9-5-6-15-25(18)31(28,29)20-11-3-2-4-12-20/h2-4,7-8,10-12,16,18H,5-6,9,13-15H2,1H3,(H,23,26)(H,24,27)/t18-/m1/s1. The van der Waals surface area contributed by atoms with Gasteiger partial charge in [-0.25, -0.2) is 8.42 Å². The van der Waals surface area contributed by atoms with Crippen molar-refractivity contribution in [3.8, 4) is 5.75 Å². The minimum Gasteiger partial charge on any atom is -0.497 e. The molecule has 1 heterocycles. The molecule has 1 aliphatic heterocycles. The molecule has 1 atom stereocenters. The van der Waals surface area contributed by atoms with E-state index in [0.29, 0.717) is 24.4 Å². The Labute approximate surface area is 182 Å². The number of hydrogen-bond acceptors (Lipinski definition) is 5. The second-order valence-electron chi connectivity index (χ2n) is 7.31. The molecule has 166 valence electrons. The molecule has 2 aromatic carbocycles. The third-order valence-corrected chi connectivity index (χ3v) is 7.19. The van der Waals surface area contributed by atoms with Crippen LogP contribution in [0.2, 0.25) is 0 Å². The summed E-state index contributed by atoms with van der Waals surface area (Å²) in [4.78, 5) is 24.6. The quantitative estimate of drug-likeness (QED) is 0.637. The Morgan fingerprint density at radius 2 is 1.84 bits per heavy atom. The first-order valence-electron chi connectivity index (χ1n) is 10.2. The van der Waals surface area contributed by atoms with Gasteiger partial charge in [-0.15, -0.1) is 0 Å². The van der Waals surface area contributed by atoms with Gasteiger partial charge in [0.25, 0.3) is 0 Å². The first kappa shape index (κ1) is 22.8. The molecule has 2 aromatic rings. The van der Waals surface area contributed by atoms with E-state index in [-0.39, 0.29) is 17.5 Å². The molecule has 3 rings (SSSR count). The topological polar surface area (TPSA) is 105 Å². The van der Waals surface area contributed by atoms with E-state index in [1.54, 1.807) is 54.6 Å². The molecule has 0 saturated carbocycles. The van der Waals surface area contributed by atoms with E-state index in [1.165, 1.54) is 11.4 Å². The van der Waals surface area contributed by atoms with Gasteiger partial charge >= 0.3 is 11.8 Å². The lowest BCUT2D eigenvalue weighted by Crippen LogP contribution is -2.45. The van der Waals surface area contributed by atoms with Gasteiger partial charge in [0.05, 0.1) is 12.0 Å². The number of benzene rings is 2. The van der Waals surface area contributed by atoms with Crippen LogP contribution in [0.15, 0.2) is 59.5 Å². The Hall–Kier alpha value is -2.91. The number of methoxy groups -OCH3 is 1. The molecule has 0 aliphatic carbocycles. The van der Waals surface area contributed by atoms with E-state index in [9.17, 15) is 18.0 Å². The van der Waals surface area contributed by atoms with Crippen LogP contribution in [-0.2, 0) is 19.6 Å². The summed E-state index contributed by atoms with van der Waals surface area (Å²) in [5.74, 6) is -0.989. The summed E-state index contributed by atoms with van der Waals surface area (Å²) in [7, 11) is -2.08. The van der Waals surface area contributed by atoms with Crippen molar-refractivity contribution in [1.82, 2.24) is 9.62 Å². The largest absolute Gasteiger partial charge is 0.497 e. The number of hydrogen-bond donors (Lipinski definition) is 2. The van der Waals surface area contributed by atoms with Crippen molar-refractivity contribution in [1.29, 1.82) is 0 Å². The molecule has 2 amide bonds. The Balaban J connectivity index is 1.55. The van der Waals surface area contributed by atoms with Crippen LogP contribution in [0.1, 0.15) is 25.7 Å². The number of anilines is 1. The van der Waals surface area contributed by atoms with Crippen LogP contribution in [0.5, 0.6) is 5.75 Å². The van der Waals surface area contributed by atoms with Crippen molar-refractivity contribution >= 4 is 27.5 Å². The minimum atomic E-state index is -3.60. The van der Waals surface area contributed by atoms with Crippen molar-refractivity contribution in [3.63, 3.8) is 0 Å². The summed E-state index contributed by atoms with van der Waals surface area (Å²) in [5, 5.41) is 5.11. The molecule has 0 spiro atoms. The van der Waals surface area contributed by atoms with Gasteiger partial charge in [0.15, 0.2) is 0 Å². The van der Waals surface area contributed by atoms with Crippen molar-refractivity contribution in [3.05, 3.63) is 54.6 Å². The monoisotopic (exact) mass is 445 g/mol. The van der Waals surface area contributed by atoms with Gasteiger partial charge < -0.3 is 15.4 Å². The summed E-state index contributed by atoms with van der Waals surface area (Å²) in [6.07, 6.45) is 2.88. The van der Waals surface area contributed by atoms with Crippen LogP contribution < -0.4 is 15.4 Å². The molecule has 9 heteroatoms. The van der Waals surface area contributed by atoms with Gasteiger partial charge in [0.2, 0.25) is 10.0 Å². The van der Waals surface area contributed by atoms with Crippen LogP contribution in [0, 0.1) is 0 Å². The van der Waals surface area contributed by atoms with Crippen LogP contribution in [0.3, 0.4) is 0 Å². The third-order valence-electron chi connectivity index (χ3n) is 5.22. The highest BCUT2D eigenvalue weighted by molar-refractivity contribution is 7.89. The predicted molar refractivity (Wildman–Crippen MR) is 117 cm³/mol. The number of rotatable bonds is 7. The molecule has 0 bridgehead atoms. The van der Waals surface area contributed by atoms with E-state index in [4.69, 9.17) is 4.74 Å². The maximum Gasteiger partial charge on any atom is 0.313 e. The Morgan fingerprint density at radius 3 is 2.58 bits per heavy atom. The highest BCUT2D eigenvalue weighted by Crippen LogP contribution is 2.26. The smallest absolute Gasteiger partial charge is 0.313 e. The van der Waals surface area contributed by atoms with Gasteiger partial charge in [-0.3, -0.25) is 9.59 Å². The molecule has 1 fully saturated rings. The number of sulfonamides is 1. The average molecular weight is 446 g/mol. The van der Waals surface area contributed by atoms with Gasteiger partial charge in [0, 0.05) is 30.9 Å². The SMILES string of the molecule is COc1cccc(NC(=O)C(=O)NCC[C@H]2CCCCN2S(=O)(=O)c2ccccc2)c1. The summed E-state index contributed by atoms with van der Waals surface area (Å²) in [6.45, 7) is 0.655. The number of carbonyl (C=O) groups is 2. The number of nitrogens with one attached hydrogen (secondary N) is 2. The van der Waals surface area contributed by atoms with Crippen LogP contribution in [-0.4, -0.2) is 50.8 Å². The van der Waals surface area contributed by atoms with E-state index < -0.39 is 21.8 Å². The number of piperidine rings is 1. The minimum absolute atomic E-state index is 0.204. The molecule has 0 radical (unpaired) electrons. The molecule has 0 aromatic heterocycles. The van der Waals surface area contributed by atoms with Gasteiger partial charge in [-0.1, -0.05) is 30.7 Å². The van der Waals surface area contributed by atoms with Gasteiger partial charge in [-0.05, 0) is 43.5 Å². The summed E-state index contributed by atoms with van der Waals surface area (Å²) < 4.78 is 32.7. The maximum atomic E-state index is 13.0. The van der Waals surface area contributed by atoms with Crippen molar-refractivity contribution < 1.29 is 22.7 Å². The number of ether oxygens (including phenoxy) is 1. The summed E-state index contributed by atoms with van der Waals surface area (Å²) >= 11 is 0. The average Bonchev–Trinajstić information content (AvgIpc) is 2.80. The second-order valence-corrected chi connectivity index (χ2v) is 9.20. The van der Waals surface area contributed by atoms with Crippen molar-refractivity contribution in [2.45, 2.75) is 36.6 Å². The third kappa shape index (κ3) is 5.83. The van der Waals surface area contributed by atoms with Crippen LogP contribution >= 0.6 is 0 Å². The first-order valence-corrected chi connectivity index (χ1v) is 11.7. The summed E-state index contributed by atoms with van der Waals surface area (Å²) in [5.41, 5.74) is 0.451. The highest BCUT2D eigenvalue weighted by atomic mass is 32.2. The molecule has 1 saturated heterocycles. The predicted octanol–water partition coefficient (Wildman–Crippen LogP) is 2.38. The molecule has 31 heavy (non-hydrogen) atoms. The number of nitrogens with zero attached hydrogens (tertiary/aromatic N) is 1. The molecular weight excluding hydrogens is 418 g/mol. The zero-order chi connectivity index (χ0) is 22.3. The Morgan fingerprint density at radius 1 is 1.06 bits per heavy atom. The van der Waals surface area contributed by atoms with E-state index in [0.717, 1.165) is 19.3 Å².